The molecule has 0 amide bonds. The van der Waals surface area contributed by atoms with Crippen molar-refractivity contribution in [2.75, 3.05) is 7.11 Å². The lowest BCUT2D eigenvalue weighted by Crippen LogP contribution is -2.53. The van der Waals surface area contributed by atoms with E-state index in [2.05, 4.69) is 25.8 Å². The van der Waals surface area contributed by atoms with Gasteiger partial charge in [-0.2, -0.15) is 13.2 Å². The number of fused-ring (bicyclic) bond motifs is 3. The summed E-state index contributed by atoms with van der Waals surface area (Å²) in [6.45, 7) is 6.50. The molecule has 4 rings (SSSR count). The Morgan fingerprint density at radius 3 is 2.41 bits per heavy atom. The molecule has 0 aliphatic heterocycles. The topological polar surface area (TPSA) is 44.1 Å². The molecule has 4 nitrogen and oxygen atoms in total. The maximum atomic E-state index is 14.6. The first-order chi connectivity index (χ1) is 15.0. The standard InChI is InChI=1S/C25H27F3N2O2/c1-23(2,3)17-10-11-20-18(14-17)19-15-29-13-12-21(19)30(20)22(31)24(32-4,25(26,27)28)16-8-6-5-7-9-16/h5-9,12-13,15,17H,10-11,14H2,1-4H3/t17-,24+/m0/s1. The van der Waals surface area contributed by atoms with Crippen LogP contribution in [0.4, 0.5) is 13.2 Å². The molecule has 0 bridgehead atoms. The monoisotopic (exact) mass is 444 g/mol. The van der Waals surface area contributed by atoms with Crippen LogP contribution >= 0.6 is 0 Å². The second-order valence-corrected chi connectivity index (χ2v) is 9.51. The molecule has 1 aliphatic carbocycles. The van der Waals surface area contributed by atoms with Gasteiger partial charge in [0, 0.05) is 36.1 Å². The summed E-state index contributed by atoms with van der Waals surface area (Å²) in [6, 6.07) is 8.73. The number of halogens is 3. The van der Waals surface area contributed by atoms with Gasteiger partial charge in [0.25, 0.3) is 11.5 Å². The van der Waals surface area contributed by atoms with Crippen LogP contribution in [0.3, 0.4) is 0 Å². The van der Waals surface area contributed by atoms with Gasteiger partial charge in [-0.3, -0.25) is 14.3 Å². The van der Waals surface area contributed by atoms with E-state index in [1.807, 2.05) is 0 Å². The molecule has 0 saturated heterocycles. The van der Waals surface area contributed by atoms with Crippen molar-refractivity contribution in [1.29, 1.82) is 0 Å². The summed E-state index contributed by atoms with van der Waals surface area (Å²) >= 11 is 0. The van der Waals surface area contributed by atoms with E-state index < -0.39 is 17.7 Å². The number of benzene rings is 1. The highest BCUT2D eigenvalue weighted by atomic mass is 19.4. The van der Waals surface area contributed by atoms with Crippen LogP contribution in [0.5, 0.6) is 0 Å². The second-order valence-electron chi connectivity index (χ2n) is 9.51. The highest BCUT2D eigenvalue weighted by Crippen LogP contribution is 2.46. The zero-order chi connectivity index (χ0) is 23.3. The fourth-order valence-corrected chi connectivity index (χ4v) is 4.93. The SMILES string of the molecule is CO[C@@](C(=O)n1c2c(c3cnccc31)C[C@@H](C(C)(C)C)CC2)(c1ccccc1)C(F)(F)F. The lowest BCUT2D eigenvalue weighted by atomic mass is 9.71. The van der Waals surface area contributed by atoms with Gasteiger partial charge < -0.3 is 4.74 Å². The number of hydrogen-bond acceptors (Lipinski definition) is 3. The first kappa shape index (κ1) is 22.5. The lowest BCUT2D eigenvalue weighted by Gasteiger charge is -2.36. The minimum atomic E-state index is -4.96. The number of carbonyl (C=O) groups excluding carboxylic acids is 1. The number of rotatable bonds is 3. The molecule has 0 spiro atoms. The van der Waals surface area contributed by atoms with Crippen molar-refractivity contribution in [3.8, 4) is 0 Å². The normalized spacial score (nSPS) is 18.9. The minimum absolute atomic E-state index is 0.0463. The Morgan fingerprint density at radius 2 is 1.81 bits per heavy atom. The van der Waals surface area contributed by atoms with E-state index in [0.29, 0.717) is 30.0 Å². The van der Waals surface area contributed by atoms with E-state index in [1.165, 1.54) is 35.0 Å². The quantitative estimate of drug-likeness (QED) is 0.503. The van der Waals surface area contributed by atoms with Crippen molar-refractivity contribution in [3.05, 3.63) is 65.6 Å². The van der Waals surface area contributed by atoms with Crippen LogP contribution in [0.25, 0.3) is 10.9 Å². The number of hydrogen-bond donors (Lipinski definition) is 0. The Morgan fingerprint density at radius 1 is 1.12 bits per heavy atom. The van der Waals surface area contributed by atoms with Gasteiger partial charge >= 0.3 is 6.18 Å². The predicted octanol–water partition coefficient (Wildman–Crippen LogP) is 5.93. The van der Waals surface area contributed by atoms with E-state index >= 15 is 0 Å². The summed E-state index contributed by atoms with van der Waals surface area (Å²) in [5.41, 5.74) is -1.34. The summed E-state index contributed by atoms with van der Waals surface area (Å²) in [4.78, 5) is 18.1. The molecule has 1 aromatic carbocycles. The summed E-state index contributed by atoms with van der Waals surface area (Å²) in [7, 11) is 0.938. The zero-order valence-corrected chi connectivity index (χ0v) is 18.7. The molecule has 1 aliphatic rings. The number of methoxy groups -OCH3 is 1. The van der Waals surface area contributed by atoms with Gasteiger partial charge in [-0.25, -0.2) is 0 Å². The highest BCUT2D eigenvalue weighted by Gasteiger charge is 2.63. The van der Waals surface area contributed by atoms with Crippen LogP contribution in [0, 0.1) is 11.3 Å². The van der Waals surface area contributed by atoms with Crippen LogP contribution in [-0.4, -0.2) is 28.7 Å². The van der Waals surface area contributed by atoms with E-state index in [1.54, 1.807) is 18.3 Å². The number of pyridine rings is 1. The Bertz CT molecular complexity index is 1150. The molecule has 0 unspecified atom stereocenters. The van der Waals surface area contributed by atoms with E-state index in [-0.39, 0.29) is 11.0 Å². The molecule has 2 heterocycles. The van der Waals surface area contributed by atoms with Gasteiger partial charge in [-0.1, -0.05) is 51.1 Å². The van der Waals surface area contributed by atoms with E-state index in [0.717, 1.165) is 24.5 Å². The van der Waals surface area contributed by atoms with Crippen molar-refractivity contribution >= 4 is 16.8 Å². The molecule has 7 heteroatoms. The molecule has 170 valence electrons. The summed E-state index contributed by atoms with van der Waals surface area (Å²) in [5.74, 6) is -0.793. The van der Waals surface area contributed by atoms with Crippen molar-refractivity contribution < 1.29 is 22.7 Å². The average Bonchev–Trinajstić information content (AvgIpc) is 3.07. The molecule has 0 fully saturated rings. The fraction of sp³-hybridized carbons (Fsp3) is 0.440. The van der Waals surface area contributed by atoms with Crippen molar-refractivity contribution in [3.63, 3.8) is 0 Å². The third kappa shape index (κ3) is 3.34. The molecule has 2 aromatic heterocycles. The maximum absolute atomic E-state index is 14.6. The fourth-order valence-electron chi connectivity index (χ4n) is 4.93. The molecular weight excluding hydrogens is 417 g/mol. The number of nitrogens with zero attached hydrogens (tertiary/aromatic N) is 2. The van der Waals surface area contributed by atoms with Gasteiger partial charge in [-0.05, 0) is 42.2 Å². The third-order valence-corrected chi connectivity index (χ3v) is 6.78. The summed E-state index contributed by atoms with van der Waals surface area (Å²) in [5, 5.41) is 0.727. The van der Waals surface area contributed by atoms with Gasteiger partial charge in [-0.15, -0.1) is 0 Å². The first-order valence-corrected chi connectivity index (χ1v) is 10.7. The lowest BCUT2D eigenvalue weighted by molar-refractivity contribution is -0.253. The Hall–Kier alpha value is -2.67. The molecule has 0 radical (unpaired) electrons. The van der Waals surface area contributed by atoms with Crippen LogP contribution in [0.1, 0.15) is 48.8 Å². The van der Waals surface area contributed by atoms with Gasteiger partial charge in [0.15, 0.2) is 0 Å². The van der Waals surface area contributed by atoms with Crippen molar-refractivity contribution in [1.82, 2.24) is 9.55 Å². The number of carbonyl (C=O) groups is 1. The molecule has 0 saturated carbocycles. The summed E-state index contributed by atoms with van der Waals surface area (Å²) in [6.07, 6.45) is 0.198. The molecule has 0 N–H and O–H groups in total. The highest BCUT2D eigenvalue weighted by molar-refractivity contribution is 6.00. The van der Waals surface area contributed by atoms with E-state index in [4.69, 9.17) is 4.74 Å². The summed E-state index contributed by atoms with van der Waals surface area (Å²) < 4.78 is 50.1. The zero-order valence-electron chi connectivity index (χ0n) is 18.7. The van der Waals surface area contributed by atoms with Crippen LogP contribution in [0.2, 0.25) is 0 Å². The average molecular weight is 444 g/mol. The minimum Gasteiger partial charge on any atom is -0.356 e. The van der Waals surface area contributed by atoms with Crippen LogP contribution < -0.4 is 0 Å². The van der Waals surface area contributed by atoms with Gasteiger partial charge in [0.1, 0.15) is 0 Å². The molecule has 32 heavy (non-hydrogen) atoms. The molecular formula is C25H27F3N2O2. The maximum Gasteiger partial charge on any atom is 0.431 e. The third-order valence-electron chi connectivity index (χ3n) is 6.78. The molecule has 2 atom stereocenters. The number of aromatic nitrogens is 2. The number of alkyl halides is 3. The predicted molar refractivity (Wildman–Crippen MR) is 117 cm³/mol. The van der Waals surface area contributed by atoms with Crippen LogP contribution in [0.15, 0.2) is 48.8 Å². The van der Waals surface area contributed by atoms with Gasteiger partial charge in [0.2, 0.25) is 0 Å². The van der Waals surface area contributed by atoms with Crippen molar-refractivity contribution in [2.45, 2.75) is 51.8 Å². The van der Waals surface area contributed by atoms with Crippen molar-refractivity contribution in [2.24, 2.45) is 11.3 Å². The Balaban J connectivity index is 1.97. The smallest absolute Gasteiger partial charge is 0.356 e. The molecule has 3 aromatic rings. The Labute approximate surface area is 185 Å². The van der Waals surface area contributed by atoms with Crippen LogP contribution in [-0.2, 0) is 23.2 Å². The largest absolute Gasteiger partial charge is 0.431 e. The van der Waals surface area contributed by atoms with E-state index in [9.17, 15) is 18.0 Å². The second kappa shape index (κ2) is 7.73. The Kier molecular flexibility index (Phi) is 5.44. The number of ether oxygens (including phenoxy) is 1. The first-order valence-electron chi connectivity index (χ1n) is 10.7. The van der Waals surface area contributed by atoms with Gasteiger partial charge in [0.05, 0.1) is 5.52 Å².